The molecule has 0 N–H and O–H groups in total. The lowest BCUT2D eigenvalue weighted by Gasteiger charge is -2.03. The van der Waals surface area contributed by atoms with Gasteiger partial charge in [0.25, 0.3) is 0 Å². The minimum atomic E-state index is 0.955. The fraction of sp³-hybridized carbons (Fsp3) is 0.333. The number of alkyl halides is 1. The second-order valence-electron chi connectivity index (χ2n) is 2.17. The van der Waals surface area contributed by atoms with E-state index in [0.717, 1.165) is 11.1 Å². The minimum Gasteiger partial charge on any atom is -0.126 e. The van der Waals surface area contributed by atoms with Gasteiger partial charge in [-0.2, -0.15) is 0 Å². The van der Waals surface area contributed by atoms with Crippen molar-refractivity contribution >= 4 is 27.7 Å². The van der Waals surface area contributed by atoms with E-state index in [-0.39, 0.29) is 0 Å². The fourth-order valence-electron chi connectivity index (χ4n) is 0.911. The maximum absolute atomic E-state index is 3.46. The molecule has 0 spiro atoms. The van der Waals surface area contributed by atoms with Crippen LogP contribution in [0.2, 0.25) is 0 Å². The largest absolute Gasteiger partial charge is 0.126 e. The van der Waals surface area contributed by atoms with Crippen LogP contribution in [0.4, 0.5) is 0 Å². The van der Waals surface area contributed by atoms with Gasteiger partial charge in [0.05, 0.1) is 0 Å². The van der Waals surface area contributed by atoms with Crippen molar-refractivity contribution in [2.75, 3.05) is 5.75 Å². The van der Waals surface area contributed by atoms with E-state index in [2.05, 4.69) is 47.1 Å². The van der Waals surface area contributed by atoms with Gasteiger partial charge in [-0.05, 0) is 17.4 Å². The summed E-state index contributed by atoms with van der Waals surface area (Å²) in [6, 6.07) is 8.50. The number of halogens is 1. The molecular weight excluding hydrogens is 220 g/mol. The zero-order valence-corrected chi connectivity index (χ0v) is 8.91. The monoisotopic (exact) mass is 230 g/mol. The third-order valence-electron chi connectivity index (χ3n) is 1.42. The summed E-state index contributed by atoms with van der Waals surface area (Å²) in [5, 5.41) is 0.955. The van der Waals surface area contributed by atoms with Gasteiger partial charge in [0.2, 0.25) is 0 Å². The summed E-state index contributed by atoms with van der Waals surface area (Å²) in [4.78, 5) is 1.40. The Morgan fingerprint density at radius 3 is 2.73 bits per heavy atom. The smallest absolute Gasteiger partial charge is 0.0294 e. The third kappa shape index (κ3) is 2.53. The molecule has 0 amide bonds. The lowest BCUT2D eigenvalue weighted by molar-refractivity contribution is 1.28. The van der Waals surface area contributed by atoms with Crippen LogP contribution in [-0.4, -0.2) is 5.75 Å². The molecule has 0 aliphatic heterocycles. The maximum Gasteiger partial charge on any atom is 0.0294 e. The predicted molar refractivity (Wildman–Crippen MR) is 55.5 cm³/mol. The Morgan fingerprint density at radius 2 is 2.09 bits per heavy atom. The highest BCUT2D eigenvalue weighted by molar-refractivity contribution is 9.08. The molecule has 0 atom stereocenters. The molecule has 0 nitrogen and oxygen atoms in total. The van der Waals surface area contributed by atoms with Crippen LogP contribution in [0.1, 0.15) is 12.5 Å². The zero-order chi connectivity index (χ0) is 8.10. The van der Waals surface area contributed by atoms with Crippen LogP contribution in [0.15, 0.2) is 29.2 Å². The number of benzene rings is 1. The predicted octanol–water partition coefficient (Wildman–Crippen LogP) is 3.69. The quantitative estimate of drug-likeness (QED) is 0.564. The maximum atomic E-state index is 3.46. The van der Waals surface area contributed by atoms with Gasteiger partial charge in [0.1, 0.15) is 0 Å². The van der Waals surface area contributed by atoms with Crippen LogP contribution >= 0.6 is 27.7 Å². The highest BCUT2D eigenvalue weighted by Gasteiger charge is 1.97. The van der Waals surface area contributed by atoms with Crippen molar-refractivity contribution in [2.45, 2.75) is 17.1 Å². The summed E-state index contributed by atoms with van der Waals surface area (Å²) < 4.78 is 0. The molecule has 0 radical (unpaired) electrons. The summed E-state index contributed by atoms with van der Waals surface area (Å²) in [7, 11) is 0. The fourth-order valence-corrected chi connectivity index (χ4v) is 2.40. The SMILES string of the molecule is CCSc1ccccc1CBr. The molecule has 0 unspecified atom stereocenters. The third-order valence-corrected chi connectivity index (χ3v) is 3.02. The van der Waals surface area contributed by atoms with Gasteiger partial charge in [0, 0.05) is 10.2 Å². The van der Waals surface area contributed by atoms with Crippen molar-refractivity contribution in [1.82, 2.24) is 0 Å². The summed E-state index contributed by atoms with van der Waals surface area (Å²) in [5.74, 6) is 1.14. The highest BCUT2D eigenvalue weighted by Crippen LogP contribution is 2.23. The second-order valence-corrected chi connectivity index (χ2v) is 4.04. The molecule has 0 aromatic heterocycles. The van der Waals surface area contributed by atoms with Crippen LogP contribution in [0.5, 0.6) is 0 Å². The second kappa shape index (κ2) is 4.83. The van der Waals surface area contributed by atoms with E-state index in [4.69, 9.17) is 0 Å². The van der Waals surface area contributed by atoms with Gasteiger partial charge >= 0.3 is 0 Å². The molecule has 0 saturated carbocycles. The molecule has 0 fully saturated rings. The van der Waals surface area contributed by atoms with Crippen LogP contribution in [0.25, 0.3) is 0 Å². The zero-order valence-electron chi connectivity index (χ0n) is 6.51. The van der Waals surface area contributed by atoms with Crippen molar-refractivity contribution in [3.05, 3.63) is 29.8 Å². The van der Waals surface area contributed by atoms with Crippen LogP contribution in [0, 0.1) is 0 Å². The molecule has 0 saturated heterocycles. The lowest BCUT2D eigenvalue weighted by atomic mass is 10.2. The Labute approximate surface area is 80.5 Å². The van der Waals surface area contributed by atoms with E-state index in [1.165, 1.54) is 10.5 Å². The first-order valence-electron chi connectivity index (χ1n) is 3.65. The van der Waals surface area contributed by atoms with Gasteiger partial charge in [0.15, 0.2) is 0 Å². The minimum absolute atomic E-state index is 0.955. The van der Waals surface area contributed by atoms with Crippen LogP contribution in [-0.2, 0) is 5.33 Å². The number of hydrogen-bond donors (Lipinski definition) is 0. The van der Waals surface area contributed by atoms with Crippen molar-refractivity contribution in [1.29, 1.82) is 0 Å². The highest BCUT2D eigenvalue weighted by atomic mass is 79.9. The van der Waals surface area contributed by atoms with Crippen LogP contribution in [0.3, 0.4) is 0 Å². The topological polar surface area (TPSA) is 0 Å². The molecular formula is C9H11BrS. The standard InChI is InChI=1S/C9H11BrS/c1-2-11-9-6-4-3-5-8(9)7-10/h3-6H,2,7H2,1H3. The first-order chi connectivity index (χ1) is 5.38. The molecule has 0 aliphatic carbocycles. The molecule has 11 heavy (non-hydrogen) atoms. The Balaban J connectivity index is 2.83. The summed E-state index contributed by atoms with van der Waals surface area (Å²) >= 11 is 5.36. The van der Waals surface area contributed by atoms with Gasteiger partial charge < -0.3 is 0 Å². The Morgan fingerprint density at radius 1 is 1.36 bits per heavy atom. The molecule has 0 heterocycles. The normalized spacial score (nSPS) is 10.0. The van der Waals surface area contributed by atoms with Crippen molar-refractivity contribution in [2.24, 2.45) is 0 Å². The summed E-state index contributed by atoms with van der Waals surface area (Å²) in [5.41, 5.74) is 1.39. The molecule has 1 rings (SSSR count). The van der Waals surface area contributed by atoms with E-state index >= 15 is 0 Å². The molecule has 60 valence electrons. The lowest BCUT2D eigenvalue weighted by Crippen LogP contribution is -1.81. The molecule has 1 aromatic carbocycles. The first kappa shape index (κ1) is 9.14. The Hall–Kier alpha value is 0.0500. The molecule has 2 heteroatoms. The Bertz CT molecular complexity index is 223. The summed E-state index contributed by atoms with van der Waals surface area (Å²) in [6.07, 6.45) is 0. The van der Waals surface area contributed by atoms with E-state index in [1.54, 1.807) is 0 Å². The van der Waals surface area contributed by atoms with E-state index in [0.29, 0.717) is 0 Å². The van der Waals surface area contributed by atoms with Crippen molar-refractivity contribution < 1.29 is 0 Å². The average molecular weight is 231 g/mol. The molecule has 1 aromatic rings. The van der Waals surface area contributed by atoms with Gasteiger partial charge in [-0.25, -0.2) is 0 Å². The number of rotatable bonds is 3. The Kier molecular flexibility index (Phi) is 4.02. The molecule has 0 bridgehead atoms. The average Bonchev–Trinajstić information content (AvgIpc) is 2.06. The number of hydrogen-bond acceptors (Lipinski definition) is 1. The van der Waals surface area contributed by atoms with E-state index in [1.807, 2.05) is 11.8 Å². The van der Waals surface area contributed by atoms with Crippen molar-refractivity contribution in [3.63, 3.8) is 0 Å². The van der Waals surface area contributed by atoms with Gasteiger partial charge in [-0.3, -0.25) is 0 Å². The summed E-state index contributed by atoms with van der Waals surface area (Å²) in [6.45, 7) is 2.18. The first-order valence-corrected chi connectivity index (χ1v) is 5.76. The number of thioether (sulfide) groups is 1. The van der Waals surface area contributed by atoms with E-state index < -0.39 is 0 Å². The van der Waals surface area contributed by atoms with E-state index in [9.17, 15) is 0 Å². The van der Waals surface area contributed by atoms with Gasteiger partial charge in [-0.15, -0.1) is 11.8 Å². The molecule has 0 aliphatic rings. The van der Waals surface area contributed by atoms with Crippen molar-refractivity contribution in [3.8, 4) is 0 Å². The van der Waals surface area contributed by atoms with Gasteiger partial charge in [-0.1, -0.05) is 41.1 Å². The van der Waals surface area contributed by atoms with Crippen LogP contribution < -0.4 is 0 Å².